The molecule has 1 atom stereocenters. The molecule has 1 N–H and O–H groups in total. The van der Waals surface area contributed by atoms with Crippen molar-refractivity contribution in [1.82, 2.24) is 5.32 Å². The van der Waals surface area contributed by atoms with Gasteiger partial charge in [-0.15, -0.1) is 0 Å². The second-order valence-corrected chi connectivity index (χ2v) is 4.33. The molecule has 0 spiro atoms. The van der Waals surface area contributed by atoms with Crippen LogP contribution in [0.3, 0.4) is 0 Å². The van der Waals surface area contributed by atoms with E-state index in [9.17, 15) is 4.79 Å². The molecule has 4 nitrogen and oxygen atoms in total. The predicted molar refractivity (Wildman–Crippen MR) is 68.4 cm³/mol. The van der Waals surface area contributed by atoms with Crippen LogP contribution in [0.2, 0.25) is 0 Å². The number of nitrogens with one attached hydrogen (secondary N) is 1. The molecule has 2 rings (SSSR count). The molecule has 1 saturated heterocycles. The first-order valence-corrected chi connectivity index (χ1v) is 6.41. The van der Waals surface area contributed by atoms with Gasteiger partial charge in [-0.3, -0.25) is 4.79 Å². The number of rotatable bonds is 5. The van der Waals surface area contributed by atoms with Crippen LogP contribution in [0.5, 0.6) is 5.75 Å². The van der Waals surface area contributed by atoms with Crippen molar-refractivity contribution < 1.29 is 14.3 Å². The number of hydrogen-bond acceptors (Lipinski definition) is 4. The van der Waals surface area contributed by atoms with Crippen LogP contribution in [0.15, 0.2) is 24.3 Å². The van der Waals surface area contributed by atoms with Gasteiger partial charge >= 0.3 is 5.97 Å². The highest BCUT2D eigenvalue weighted by molar-refractivity contribution is 5.76. The van der Waals surface area contributed by atoms with Gasteiger partial charge in [0.05, 0.1) is 6.61 Å². The standard InChI is InChI=1S/C14H19NO3/c1-2-17-12-7-5-11(6-8-12)10-18-14(16)13-4-3-9-15-13/h5-8,13,15H,2-4,9-10H2,1H3. The molecule has 1 unspecified atom stereocenters. The Bertz CT molecular complexity index is 383. The molecule has 1 aliphatic heterocycles. The highest BCUT2D eigenvalue weighted by Gasteiger charge is 2.23. The summed E-state index contributed by atoms with van der Waals surface area (Å²) in [6, 6.07) is 7.49. The van der Waals surface area contributed by atoms with Crippen molar-refractivity contribution in [3.8, 4) is 5.75 Å². The van der Waals surface area contributed by atoms with Crippen molar-refractivity contribution in [3.63, 3.8) is 0 Å². The molecule has 0 aromatic heterocycles. The van der Waals surface area contributed by atoms with Crippen molar-refractivity contribution in [2.45, 2.75) is 32.4 Å². The largest absolute Gasteiger partial charge is 0.494 e. The lowest BCUT2D eigenvalue weighted by Gasteiger charge is -2.10. The minimum Gasteiger partial charge on any atom is -0.494 e. The number of benzene rings is 1. The van der Waals surface area contributed by atoms with Crippen LogP contribution in [0.25, 0.3) is 0 Å². The van der Waals surface area contributed by atoms with Gasteiger partial charge in [-0.25, -0.2) is 0 Å². The van der Waals surface area contributed by atoms with Crippen molar-refractivity contribution in [2.24, 2.45) is 0 Å². The Morgan fingerprint density at radius 1 is 1.39 bits per heavy atom. The van der Waals surface area contributed by atoms with Gasteiger partial charge in [0.15, 0.2) is 0 Å². The Morgan fingerprint density at radius 3 is 2.78 bits per heavy atom. The van der Waals surface area contributed by atoms with Gasteiger partial charge in [-0.1, -0.05) is 12.1 Å². The number of esters is 1. The Morgan fingerprint density at radius 2 is 2.17 bits per heavy atom. The van der Waals surface area contributed by atoms with Gasteiger partial charge in [0.25, 0.3) is 0 Å². The quantitative estimate of drug-likeness (QED) is 0.809. The van der Waals surface area contributed by atoms with E-state index in [1.165, 1.54) is 0 Å². The molecule has 0 aliphatic carbocycles. The topological polar surface area (TPSA) is 47.6 Å². The highest BCUT2D eigenvalue weighted by Crippen LogP contribution is 2.13. The lowest BCUT2D eigenvalue weighted by molar-refractivity contribution is -0.147. The summed E-state index contributed by atoms with van der Waals surface area (Å²) in [4.78, 5) is 11.7. The van der Waals surface area contributed by atoms with Gasteiger partial charge in [0.2, 0.25) is 0 Å². The zero-order chi connectivity index (χ0) is 12.8. The molecule has 0 bridgehead atoms. The number of ether oxygens (including phenoxy) is 2. The lowest BCUT2D eigenvalue weighted by Crippen LogP contribution is -2.32. The molecule has 0 amide bonds. The lowest BCUT2D eigenvalue weighted by atomic mass is 10.2. The Hall–Kier alpha value is -1.55. The average molecular weight is 249 g/mol. The molecule has 1 aliphatic rings. The van der Waals surface area contributed by atoms with E-state index in [1.54, 1.807) is 0 Å². The summed E-state index contributed by atoms with van der Waals surface area (Å²) in [6.45, 7) is 3.83. The maximum Gasteiger partial charge on any atom is 0.323 e. The maximum atomic E-state index is 11.7. The Labute approximate surface area is 107 Å². The van der Waals surface area contributed by atoms with Gasteiger partial charge in [0, 0.05) is 0 Å². The van der Waals surface area contributed by atoms with E-state index in [0.717, 1.165) is 30.7 Å². The Balaban J connectivity index is 1.80. The zero-order valence-electron chi connectivity index (χ0n) is 10.6. The summed E-state index contributed by atoms with van der Waals surface area (Å²) >= 11 is 0. The maximum absolute atomic E-state index is 11.7. The molecule has 4 heteroatoms. The van der Waals surface area contributed by atoms with E-state index >= 15 is 0 Å². The summed E-state index contributed by atoms with van der Waals surface area (Å²) in [5.74, 6) is 0.687. The third kappa shape index (κ3) is 3.47. The molecule has 18 heavy (non-hydrogen) atoms. The predicted octanol–water partition coefficient (Wildman–Crippen LogP) is 1.88. The Kier molecular flexibility index (Phi) is 4.59. The van der Waals surface area contributed by atoms with E-state index in [0.29, 0.717) is 13.2 Å². The van der Waals surface area contributed by atoms with Crippen molar-refractivity contribution in [3.05, 3.63) is 29.8 Å². The first-order valence-electron chi connectivity index (χ1n) is 6.41. The molecule has 0 saturated carbocycles. The minimum absolute atomic E-state index is 0.118. The van der Waals surface area contributed by atoms with Crippen LogP contribution in [0, 0.1) is 0 Å². The second kappa shape index (κ2) is 6.40. The summed E-state index contributed by atoms with van der Waals surface area (Å²) in [5, 5.41) is 3.12. The second-order valence-electron chi connectivity index (χ2n) is 4.33. The van der Waals surface area contributed by atoms with Crippen molar-refractivity contribution >= 4 is 5.97 Å². The third-order valence-electron chi connectivity index (χ3n) is 2.96. The zero-order valence-corrected chi connectivity index (χ0v) is 10.6. The molecule has 0 radical (unpaired) electrons. The summed E-state index contributed by atoms with van der Waals surface area (Å²) in [6.07, 6.45) is 1.92. The first-order chi connectivity index (χ1) is 8.79. The van der Waals surface area contributed by atoms with Crippen LogP contribution in [-0.4, -0.2) is 25.2 Å². The van der Waals surface area contributed by atoms with Gasteiger partial charge in [-0.05, 0) is 44.0 Å². The smallest absolute Gasteiger partial charge is 0.323 e. The third-order valence-corrected chi connectivity index (χ3v) is 2.96. The number of hydrogen-bond donors (Lipinski definition) is 1. The fourth-order valence-corrected chi connectivity index (χ4v) is 1.99. The molecule has 1 aromatic rings. The van der Waals surface area contributed by atoms with Crippen LogP contribution in [-0.2, 0) is 16.1 Å². The van der Waals surface area contributed by atoms with Crippen molar-refractivity contribution in [1.29, 1.82) is 0 Å². The molecular formula is C14H19NO3. The number of carbonyl (C=O) groups excluding carboxylic acids is 1. The summed E-state index contributed by atoms with van der Waals surface area (Å²) in [7, 11) is 0. The summed E-state index contributed by atoms with van der Waals surface area (Å²) < 4.78 is 10.6. The molecule has 1 aromatic carbocycles. The normalized spacial score (nSPS) is 18.6. The molecule has 98 valence electrons. The monoisotopic (exact) mass is 249 g/mol. The highest BCUT2D eigenvalue weighted by atomic mass is 16.5. The van der Waals surface area contributed by atoms with Crippen LogP contribution in [0.1, 0.15) is 25.3 Å². The molecule has 1 fully saturated rings. The van der Waals surface area contributed by atoms with E-state index in [2.05, 4.69) is 5.32 Å². The van der Waals surface area contributed by atoms with Crippen LogP contribution < -0.4 is 10.1 Å². The fourth-order valence-electron chi connectivity index (χ4n) is 1.99. The SMILES string of the molecule is CCOc1ccc(COC(=O)C2CCCN2)cc1. The van der Waals surface area contributed by atoms with E-state index in [-0.39, 0.29) is 12.0 Å². The van der Waals surface area contributed by atoms with Crippen molar-refractivity contribution in [2.75, 3.05) is 13.2 Å². The van der Waals surface area contributed by atoms with Gasteiger partial charge in [-0.2, -0.15) is 0 Å². The van der Waals surface area contributed by atoms with Crippen LogP contribution in [0.4, 0.5) is 0 Å². The van der Waals surface area contributed by atoms with E-state index in [1.807, 2.05) is 31.2 Å². The van der Waals surface area contributed by atoms with E-state index < -0.39 is 0 Å². The minimum atomic E-state index is -0.151. The molecular weight excluding hydrogens is 230 g/mol. The van der Waals surface area contributed by atoms with Crippen LogP contribution >= 0.6 is 0 Å². The fraction of sp³-hybridized carbons (Fsp3) is 0.500. The average Bonchev–Trinajstić information content (AvgIpc) is 2.92. The molecule has 1 heterocycles. The number of carbonyl (C=O) groups is 1. The van der Waals surface area contributed by atoms with Gasteiger partial charge < -0.3 is 14.8 Å². The first kappa shape index (κ1) is 12.9. The summed E-state index contributed by atoms with van der Waals surface area (Å²) in [5.41, 5.74) is 0.977. The van der Waals surface area contributed by atoms with Gasteiger partial charge in [0.1, 0.15) is 18.4 Å². The van der Waals surface area contributed by atoms with E-state index in [4.69, 9.17) is 9.47 Å².